The third-order valence-electron chi connectivity index (χ3n) is 3.21. The highest BCUT2D eigenvalue weighted by Gasteiger charge is 2.22. The van der Waals surface area contributed by atoms with Gasteiger partial charge in [-0.25, -0.2) is 4.79 Å². The van der Waals surface area contributed by atoms with Gasteiger partial charge in [0, 0.05) is 7.05 Å². The quantitative estimate of drug-likeness (QED) is 0.823. The number of carbonyl (C=O) groups excluding carboxylic acids is 2. The summed E-state index contributed by atoms with van der Waals surface area (Å²) < 4.78 is 11.6. The molecule has 7 nitrogen and oxygen atoms in total. The lowest BCUT2D eigenvalue weighted by atomic mass is 10.2. The maximum atomic E-state index is 12.0. The van der Waals surface area contributed by atoms with Crippen molar-refractivity contribution in [2.24, 2.45) is 7.05 Å². The summed E-state index contributed by atoms with van der Waals surface area (Å²) in [7, 11) is 2.90. The van der Waals surface area contributed by atoms with Gasteiger partial charge in [0.2, 0.25) is 5.91 Å². The Hall–Kier alpha value is -2.83. The van der Waals surface area contributed by atoms with E-state index in [1.54, 1.807) is 14.0 Å². The van der Waals surface area contributed by atoms with Gasteiger partial charge >= 0.3 is 5.97 Å². The maximum absolute atomic E-state index is 12.0. The molecular formula is C16H19N3O4. The van der Waals surface area contributed by atoms with Gasteiger partial charge in [0.25, 0.3) is 0 Å². The summed E-state index contributed by atoms with van der Waals surface area (Å²) in [5, 5.41) is 6.83. The molecule has 0 aliphatic rings. The second-order valence-corrected chi connectivity index (χ2v) is 4.88. The molecule has 122 valence electrons. The van der Waals surface area contributed by atoms with Crippen molar-refractivity contribution in [2.75, 3.05) is 19.0 Å². The summed E-state index contributed by atoms with van der Waals surface area (Å²) >= 11 is 0. The lowest BCUT2D eigenvalue weighted by Gasteiger charge is -2.08. The highest BCUT2D eigenvalue weighted by atomic mass is 16.5. The number of anilines is 1. The van der Waals surface area contributed by atoms with Crippen LogP contribution in [-0.4, -0.2) is 35.4 Å². The fraction of sp³-hybridized carbons (Fsp3) is 0.312. The van der Waals surface area contributed by atoms with Crippen LogP contribution in [0.5, 0.6) is 5.75 Å². The first kappa shape index (κ1) is 16.5. The van der Waals surface area contributed by atoms with Crippen LogP contribution in [0, 0.1) is 6.92 Å². The highest BCUT2D eigenvalue weighted by molar-refractivity contribution is 6.00. The van der Waals surface area contributed by atoms with Gasteiger partial charge in [-0.2, -0.15) is 5.10 Å². The number of hydrogen-bond acceptors (Lipinski definition) is 5. The van der Waals surface area contributed by atoms with Crippen LogP contribution in [0.2, 0.25) is 0 Å². The largest absolute Gasteiger partial charge is 0.493 e. The van der Waals surface area contributed by atoms with Crippen LogP contribution in [0.1, 0.15) is 22.6 Å². The molecule has 0 bridgehead atoms. The third-order valence-corrected chi connectivity index (χ3v) is 3.21. The van der Waals surface area contributed by atoms with Crippen molar-refractivity contribution in [1.82, 2.24) is 9.78 Å². The van der Waals surface area contributed by atoms with Crippen molar-refractivity contribution in [3.05, 3.63) is 41.7 Å². The molecule has 1 aromatic carbocycles. The molecular weight excluding hydrogens is 298 g/mol. The number of para-hydroxylation sites is 1. The van der Waals surface area contributed by atoms with Crippen LogP contribution < -0.4 is 10.1 Å². The minimum Gasteiger partial charge on any atom is -0.493 e. The molecule has 0 aliphatic carbocycles. The predicted octanol–water partition coefficient (Wildman–Crippen LogP) is 1.92. The standard InChI is InChI=1S/C16H19N3O4/c1-11-14(15(16(21)22-3)19(2)18-11)17-13(20)9-10-23-12-7-5-4-6-8-12/h4-8H,9-10H2,1-3H3,(H,17,20). The van der Waals surface area contributed by atoms with E-state index in [0.717, 1.165) is 0 Å². The third kappa shape index (κ3) is 4.09. The number of hydrogen-bond donors (Lipinski definition) is 1. The first-order valence-corrected chi connectivity index (χ1v) is 7.12. The SMILES string of the molecule is COC(=O)c1c(NC(=O)CCOc2ccccc2)c(C)nn1C. The monoisotopic (exact) mass is 317 g/mol. The minimum absolute atomic E-state index is 0.157. The number of ether oxygens (including phenoxy) is 2. The van der Waals surface area contributed by atoms with Gasteiger partial charge in [0.15, 0.2) is 5.69 Å². The molecule has 0 fully saturated rings. The molecule has 7 heteroatoms. The summed E-state index contributed by atoms with van der Waals surface area (Å²) in [5.41, 5.74) is 1.12. The second-order valence-electron chi connectivity index (χ2n) is 4.88. The Balaban J connectivity index is 1.96. The van der Waals surface area contributed by atoms with Gasteiger partial charge in [-0.1, -0.05) is 18.2 Å². The van der Waals surface area contributed by atoms with Gasteiger partial charge in [-0.3, -0.25) is 9.48 Å². The number of esters is 1. The summed E-state index contributed by atoms with van der Waals surface area (Å²) in [4.78, 5) is 23.8. The zero-order chi connectivity index (χ0) is 16.8. The van der Waals surface area contributed by atoms with E-state index in [4.69, 9.17) is 9.47 Å². The van der Waals surface area contributed by atoms with Crippen LogP contribution in [0.15, 0.2) is 30.3 Å². The number of benzene rings is 1. The lowest BCUT2D eigenvalue weighted by Crippen LogP contribution is -2.18. The van der Waals surface area contributed by atoms with E-state index in [1.807, 2.05) is 30.3 Å². The average molecular weight is 317 g/mol. The number of aromatic nitrogens is 2. The zero-order valence-electron chi connectivity index (χ0n) is 13.3. The second kappa shape index (κ2) is 7.44. The Bertz CT molecular complexity index is 695. The Morgan fingerprint density at radius 1 is 1.26 bits per heavy atom. The van der Waals surface area contributed by atoms with Crippen LogP contribution in [0.3, 0.4) is 0 Å². The van der Waals surface area contributed by atoms with Crippen LogP contribution in [-0.2, 0) is 16.6 Å². The van der Waals surface area contributed by atoms with Gasteiger partial charge < -0.3 is 14.8 Å². The Kier molecular flexibility index (Phi) is 5.35. The number of aryl methyl sites for hydroxylation is 2. The van der Waals surface area contributed by atoms with E-state index in [1.165, 1.54) is 11.8 Å². The number of nitrogens with zero attached hydrogens (tertiary/aromatic N) is 2. The van der Waals surface area contributed by atoms with Crippen molar-refractivity contribution in [1.29, 1.82) is 0 Å². The molecule has 0 atom stereocenters. The van der Waals surface area contributed by atoms with E-state index in [-0.39, 0.29) is 24.6 Å². The van der Waals surface area contributed by atoms with Gasteiger partial charge in [0.1, 0.15) is 5.75 Å². The number of rotatable bonds is 6. The molecule has 2 rings (SSSR count). The Morgan fingerprint density at radius 3 is 2.61 bits per heavy atom. The molecule has 23 heavy (non-hydrogen) atoms. The van der Waals surface area contributed by atoms with Crippen molar-refractivity contribution >= 4 is 17.6 Å². The fourth-order valence-electron chi connectivity index (χ4n) is 2.12. The van der Waals surface area contributed by atoms with Crippen LogP contribution >= 0.6 is 0 Å². The predicted molar refractivity (Wildman–Crippen MR) is 84.5 cm³/mol. The highest BCUT2D eigenvalue weighted by Crippen LogP contribution is 2.20. The van der Waals surface area contributed by atoms with Gasteiger partial charge in [0.05, 0.1) is 31.5 Å². The number of nitrogens with one attached hydrogen (secondary N) is 1. The maximum Gasteiger partial charge on any atom is 0.358 e. The van der Waals surface area contributed by atoms with E-state index in [0.29, 0.717) is 17.1 Å². The number of carbonyl (C=O) groups is 2. The zero-order valence-corrected chi connectivity index (χ0v) is 13.3. The molecule has 1 N–H and O–H groups in total. The smallest absolute Gasteiger partial charge is 0.358 e. The summed E-state index contributed by atoms with van der Waals surface area (Å²) in [6, 6.07) is 9.24. The Morgan fingerprint density at radius 2 is 1.96 bits per heavy atom. The molecule has 1 amide bonds. The van der Waals surface area contributed by atoms with E-state index in [2.05, 4.69) is 10.4 Å². The molecule has 0 radical (unpaired) electrons. The average Bonchev–Trinajstić information content (AvgIpc) is 2.81. The minimum atomic E-state index is -0.552. The normalized spacial score (nSPS) is 10.2. The fourth-order valence-corrected chi connectivity index (χ4v) is 2.12. The van der Waals surface area contributed by atoms with E-state index >= 15 is 0 Å². The molecule has 0 aliphatic heterocycles. The first-order chi connectivity index (χ1) is 11.0. The van der Waals surface area contributed by atoms with E-state index < -0.39 is 5.97 Å². The molecule has 1 aromatic heterocycles. The van der Waals surface area contributed by atoms with E-state index in [9.17, 15) is 9.59 Å². The first-order valence-electron chi connectivity index (χ1n) is 7.12. The number of amides is 1. The van der Waals surface area contributed by atoms with Crippen molar-refractivity contribution < 1.29 is 19.1 Å². The molecule has 0 unspecified atom stereocenters. The number of methoxy groups -OCH3 is 1. The summed E-state index contributed by atoms with van der Waals surface area (Å²) in [6.07, 6.45) is 0.157. The van der Waals surface area contributed by atoms with Crippen molar-refractivity contribution in [3.63, 3.8) is 0 Å². The topological polar surface area (TPSA) is 82.4 Å². The molecule has 0 saturated carbocycles. The van der Waals surface area contributed by atoms with Crippen LogP contribution in [0.4, 0.5) is 5.69 Å². The summed E-state index contributed by atoms with van der Waals surface area (Å²) in [6.45, 7) is 1.95. The molecule has 0 spiro atoms. The van der Waals surface area contributed by atoms with Gasteiger partial charge in [-0.05, 0) is 19.1 Å². The molecule has 1 heterocycles. The molecule has 2 aromatic rings. The summed E-state index contributed by atoms with van der Waals surface area (Å²) in [5.74, 6) is -0.112. The van der Waals surface area contributed by atoms with Crippen LogP contribution in [0.25, 0.3) is 0 Å². The van der Waals surface area contributed by atoms with Gasteiger partial charge in [-0.15, -0.1) is 0 Å². The Labute approximate surface area is 134 Å². The molecule has 0 saturated heterocycles. The lowest BCUT2D eigenvalue weighted by molar-refractivity contribution is -0.116. The van der Waals surface area contributed by atoms with Crippen molar-refractivity contribution in [3.8, 4) is 5.75 Å². The van der Waals surface area contributed by atoms with Crippen molar-refractivity contribution in [2.45, 2.75) is 13.3 Å².